The normalized spacial score (nSPS) is 18.7. The van der Waals surface area contributed by atoms with Crippen LogP contribution in [0.15, 0.2) is 36.4 Å². The summed E-state index contributed by atoms with van der Waals surface area (Å²) in [5.41, 5.74) is 8.04. The summed E-state index contributed by atoms with van der Waals surface area (Å²) < 4.78 is 0.675. The second-order valence-electron chi connectivity index (χ2n) is 6.25. The first-order chi connectivity index (χ1) is 12.5. The summed E-state index contributed by atoms with van der Waals surface area (Å²) in [5.74, 6) is -0.463. The van der Waals surface area contributed by atoms with Crippen LogP contribution in [0.25, 0.3) is 10.2 Å². The Kier molecular flexibility index (Phi) is 4.44. The van der Waals surface area contributed by atoms with Crippen LogP contribution in [0.1, 0.15) is 27.7 Å². The molecule has 0 saturated carbocycles. The van der Waals surface area contributed by atoms with E-state index in [2.05, 4.69) is 15.6 Å². The summed E-state index contributed by atoms with van der Waals surface area (Å²) in [4.78, 5) is 28.5. The Balaban J connectivity index is 1.56. The lowest BCUT2D eigenvalue weighted by Gasteiger charge is -2.22. The molecule has 0 radical (unpaired) electrons. The summed E-state index contributed by atoms with van der Waals surface area (Å²) in [6.45, 7) is -0.0903. The fraction of sp³-hybridized carbons (Fsp3) is 0.222. The van der Waals surface area contributed by atoms with Crippen LogP contribution in [-0.2, 0) is 11.2 Å². The van der Waals surface area contributed by atoms with E-state index in [1.54, 1.807) is 6.07 Å². The van der Waals surface area contributed by atoms with Gasteiger partial charge in [-0.25, -0.2) is 0 Å². The number of carbonyl (C=O) groups is 2. The summed E-state index contributed by atoms with van der Waals surface area (Å²) >= 11 is 7.37. The number of halogens is 1. The van der Waals surface area contributed by atoms with Crippen molar-refractivity contribution in [3.8, 4) is 0 Å². The number of nitrogens with two attached hydrogens (primary N) is 1. The molecule has 0 aliphatic heterocycles. The summed E-state index contributed by atoms with van der Waals surface area (Å²) in [7, 11) is 0. The van der Waals surface area contributed by atoms with E-state index in [4.69, 9.17) is 17.3 Å². The number of rotatable bonds is 4. The van der Waals surface area contributed by atoms with Gasteiger partial charge in [0.05, 0.1) is 23.0 Å². The molecule has 134 valence electrons. The van der Waals surface area contributed by atoms with Gasteiger partial charge in [-0.2, -0.15) is 0 Å². The Morgan fingerprint density at radius 3 is 2.85 bits per heavy atom. The first-order valence-electron chi connectivity index (χ1n) is 8.21. The van der Waals surface area contributed by atoms with Crippen molar-refractivity contribution in [1.29, 1.82) is 0 Å². The number of hydrogen-bond donors (Lipinski definition) is 4. The number of aromatic nitrogens is 1. The molecule has 1 aliphatic rings. The van der Waals surface area contributed by atoms with Gasteiger partial charge in [0, 0.05) is 5.39 Å². The zero-order valence-corrected chi connectivity index (χ0v) is 15.3. The molecule has 0 fully saturated rings. The fourth-order valence-electron chi connectivity index (χ4n) is 3.40. The fourth-order valence-corrected chi connectivity index (χ4v) is 4.53. The maximum atomic E-state index is 12.7. The molecule has 0 unspecified atom stereocenters. The summed E-state index contributed by atoms with van der Waals surface area (Å²) in [6, 6.07) is 10.9. The molecule has 0 bridgehead atoms. The van der Waals surface area contributed by atoms with Crippen LogP contribution in [0.4, 0.5) is 0 Å². The molecule has 1 aromatic carbocycles. The van der Waals surface area contributed by atoms with E-state index in [9.17, 15) is 9.59 Å². The van der Waals surface area contributed by atoms with Gasteiger partial charge in [0.1, 0.15) is 10.5 Å². The van der Waals surface area contributed by atoms with Gasteiger partial charge in [-0.15, -0.1) is 11.3 Å². The van der Waals surface area contributed by atoms with E-state index < -0.39 is 0 Å². The molecule has 0 saturated heterocycles. The standard InChI is InChI=1S/C18H17ClN4O2S/c19-14-7-10-6-13(22-18(10)26-14)17(25)21-12-5-9-3-1-2-4-11(9)16(12)23-15(24)8-20/h1-4,6-7,12,16,22H,5,8,20H2,(H,21,25)(H,23,24)/t12-,16-/m1/s1. The number of carbonyl (C=O) groups excluding carboxylic acids is 2. The number of thiophene rings is 1. The third-order valence-electron chi connectivity index (χ3n) is 4.57. The minimum atomic E-state index is -0.295. The quantitative estimate of drug-likeness (QED) is 0.552. The van der Waals surface area contributed by atoms with Gasteiger partial charge in [0.2, 0.25) is 5.91 Å². The summed E-state index contributed by atoms with van der Waals surface area (Å²) in [5, 5.41) is 6.86. The number of H-pyrrole nitrogens is 1. The molecule has 8 heteroatoms. The first kappa shape index (κ1) is 17.1. The topological polar surface area (TPSA) is 100 Å². The lowest BCUT2D eigenvalue weighted by molar-refractivity contribution is -0.120. The molecule has 1 aliphatic carbocycles. The van der Waals surface area contributed by atoms with Gasteiger partial charge in [0.25, 0.3) is 5.91 Å². The van der Waals surface area contributed by atoms with E-state index in [1.807, 2.05) is 30.3 Å². The number of hydrogen-bond acceptors (Lipinski definition) is 4. The van der Waals surface area contributed by atoms with E-state index >= 15 is 0 Å². The highest BCUT2D eigenvalue weighted by Crippen LogP contribution is 2.32. The maximum absolute atomic E-state index is 12.7. The Labute approximate surface area is 158 Å². The molecular weight excluding hydrogens is 372 g/mol. The Hall–Kier alpha value is -2.35. The van der Waals surface area contributed by atoms with Crippen molar-refractivity contribution in [2.24, 2.45) is 5.73 Å². The Morgan fingerprint density at radius 2 is 2.08 bits per heavy atom. The van der Waals surface area contributed by atoms with Crippen LogP contribution in [-0.4, -0.2) is 29.4 Å². The number of aromatic amines is 1. The van der Waals surface area contributed by atoms with Crippen molar-refractivity contribution in [3.05, 3.63) is 57.6 Å². The molecule has 6 nitrogen and oxygen atoms in total. The van der Waals surface area contributed by atoms with E-state index in [0.717, 1.165) is 21.3 Å². The van der Waals surface area contributed by atoms with E-state index in [-0.39, 0.29) is 30.4 Å². The molecule has 26 heavy (non-hydrogen) atoms. The largest absolute Gasteiger partial charge is 0.346 e. The van der Waals surface area contributed by atoms with Gasteiger partial charge in [-0.1, -0.05) is 35.9 Å². The molecule has 5 N–H and O–H groups in total. The zero-order valence-electron chi connectivity index (χ0n) is 13.7. The highest BCUT2D eigenvalue weighted by Gasteiger charge is 2.34. The van der Waals surface area contributed by atoms with Gasteiger partial charge >= 0.3 is 0 Å². The molecule has 2 heterocycles. The molecule has 2 aromatic heterocycles. The highest BCUT2D eigenvalue weighted by molar-refractivity contribution is 7.22. The predicted molar refractivity (Wildman–Crippen MR) is 103 cm³/mol. The maximum Gasteiger partial charge on any atom is 0.268 e. The van der Waals surface area contributed by atoms with Crippen molar-refractivity contribution < 1.29 is 9.59 Å². The lowest BCUT2D eigenvalue weighted by atomic mass is 10.1. The average molecular weight is 389 g/mol. The van der Waals surface area contributed by atoms with Crippen LogP contribution in [0.2, 0.25) is 4.34 Å². The second kappa shape index (κ2) is 6.75. The van der Waals surface area contributed by atoms with Crippen LogP contribution in [0, 0.1) is 0 Å². The van der Waals surface area contributed by atoms with Gasteiger partial charge in [0.15, 0.2) is 0 Å². The first-order valence-corrected chi connectivity index (χ1v) is 9.40. The molecule has 2 atom stereocenters. The second-order valence-corrected chi connectivity index (χ2v) is 7.93. The third-order valence-corrected chi connectivity index (χ3v) is 5.77. The van der Waals surface area contributed by atoms with Crippen molar-refractivity contribution >= 4 is 45.0 Å². The summed E-state index contributed by atoms with van der Waals surface area (Å²) in [6.07, 6.45) is 0.651. The Bertz CT molecular complexity index is 965. The minimum absolute atomic E-state index is 0.0903. The molecule has 4 rings (SSSR count). The van der Waals surface area contributed by atoms with Crippen molar-refractivity contribution in [2.75, 3.05) is 6.54 Å². The number of benzene rings is 1. The molecule has 2 amide bonds. The van der Waals surface area contributed by atoms with Gasteiger partial charge < -0.3 is 21.4 Å². The Morgan fingerprint density at radius 1 is 1.27 bits per heavy atom. The van der Waals surface area contributed by atoms with Crippen LogP contribution in [0.3, 0.4) is 0 Å². The van der Waals surface area contributed by atoms with Crippen molar-refractivity contribution in [2.45, 2.75) is 18.5 Å². The van der Waals surface area contributed by atoms with E-state index in [0.29, 0.717) is 16.5 Å². The highest BCUT2D eigenvalue weighted by atomic mass is 35.5. The van der Waals surface area contributed by atoms with Crippen LogP contribution < -0.4 is 16.4 Å². The zero-order chi connectivity index (χ0) is 18.3. The van der Waals surface area contributed by atoms with Crippen LogP contribution in [0.5, 0.6) is 0 Å². The number of nitrogens with one attached hydrogen (secondary N) is 3. The minimum Gasteiger partial charge on any atom is -0.346 e. The van der Waals surface area contributed by atoms with Crippen molar-refractivity contribution in [3.63, 3.8) is 0 Å². The predicted octanol–water partition coefficient (Wildman–Crippen LogP) is 2.35. The number of fused-ring (bicyclic) bond motifs is 2. The van der Waals surface area contributed by atoms with Crippen LogP contribution >= 0.6 is 22.9 Å². The van der Waals surface area contributed by atoms with Gasteiger partial charge in [-0.05, 0) is 29.7 Å². The molecule has 0 spiro atoms. The lowest BCUT2D eigenvalue weighted by Crippen LogP contribution is -2.45. The average Bonchev–Trinajstić information content (AvgIpc) is 3.26. The molecule has 3 aromatic rings. The monoisotopic (exact) mass is 388 g/mol. The van der Waals surface area contributed by atoms with E-state index in [1.165, 1.54) is 11.3 Å². The smallest absolute Gasteiger partial charge is 0.268 e. The third kappa shape index (κ3) is 3.09. The number of amides is 2. The van der Waals surface area contributed by atoms with Crippen molar-refractivity contribution in [1.82, 2.24) is 15.6 Å². The molecular formula is C18H17ClN4O2S. The van der Waals surface area contributed by atoms with Gasteiger partial charge in [-0.3, -0.25) is 9.59 Å². The SMILES string of the molecule is NCC(=O)N[C@@H]1c2ccccc2C[C@H]1NC(=O)c1cc2cc(Cl)sc2[nH]1.